The van der Waals surface area contributed by atoms with Gasteiger partial charge < -0.3 is 0 Å². The number of pyridine rings is 2. The summed E-state index contributed by atoms with van der Waals surface area (Å²) >= 11 is 0. The van der Waals surface area contributed by atoms with Crippen LogP contribution in [0.1, 0.15) is 22.5 Å². The van der Waals surface area contributed by atoms with Crippen molar-refractivity contribution in [2.24, 2.45) is 0 Å². The topological polar surface area (TPSA) is 85.9 Å². The summed E-state index contributed by atoms with van der Waals surface area (Å²) in [5.41, 5.74) is 3.91. The Morgan fingerprint density at radius 2 is 1.61 bits per heavy atom. The van der Waals surface area contributed by atoms with Gasteiger partial charge in [-0.2, -0.15) is 22.8 Å². The predicted octanol–water partition coefficient (Wildman–Crippen LogP) is 4.72. The van der Waals surface area contributed by atoms with E-state index in [1.165, 1.54) is 10.6 Å². The minimum Gasteiger partial charge on any atom is -0.265 e. The molecule has 4 aromatic heterocycles. The van der Waals surface area contributed by atoms with Crippen molar-refractivity contribution in [3.05, 3.63) is 106 Å². The van der Waals surface area contributed by atoms with Crippen LogP contribution in [0.3, 0.4) is 0 Å². The maximum Gasteiger partial charge on any atom is 0.433 e. The molecule has 7 nitrogen and oxygen atoms in total. The maximum atomic E-state index is 13.2. The van der Waals surface area contributed by atoms with E-state index in [0.29, 0.717) is 16.8 Å². The Morgan fingerprint density at radius 1 is 0.861 bits per heavy atom. The highest BCUT2D eigenvalue weighted by Crippen LogP contribution is 2.33. The van der Waals surface area contributed by atoms with E-state index in [0.717, 1.165) is 34.5 Å². The van der Waals surface area contributed by atoms with E-state index in [2.05, 4.69) is 25.3 Å². The summed E-state index contributed by atoms with van der Waals surface area (Å²) in [6.45, 7) is 2.00. The Morgan fingerprint density at radius 3 is 2.28 bits per heavy atom. The lowest BCUT2D eigenvalue weighted by molar-refractivity contribution is -0.141. The summed E-state index contributed by atoms with van der Waals surface area (Å²) < 4.78 is 39.4. The molecule has 180 valence electrons. The van der Waals surface area contributed by atoms with E-state index in [1.54, 1.807) is 18.6 Å². The van der Waals surface area contributed by atoms with E-state index >= 15 is 0 Å². The zero-order chi connectivity index (χ0) is 25.3. The van der Waals surface area contributed by atoms with Crippen molar-refractivity contribution in [2.75, 3.05) is 0 Å². The van der Waals surface area contributed by atoms with E-state index in [1.807, 2.05) is 43.3 Å². The summed E-state index contributed by atoms with van der Waals surface area (Å²) in [6, 6.07) is 13.9. The zero-order valence-electron chi connectivity index (χ0n) is 19.1. The monoisotopic (exact) mass is 488 g/mol. The van der Waals surface area contributed by atoms with Gasteiger partial charge in [0.25, 0.3) is 5.56 Å². The Kier molecular flexibility index (Phi) is 6.01. The number of hydrogen-bond acceptors (Lipinski definition) is 6. The molecular formula is C26H19F3N6O. The number of hydrogen-bond donors (Lipinski definition) is 0. The van der Waals surface area contributed by atoms with Gasteiger partial charge in [0.1, 0.15) is 11.4 Å². The Bertz CT molecular complexity index is 1580. The minimum atomic E-state index is -4.50. The highest BCUT2D eigenvalue weighted by atomic mass is 19.4. The lowest BCUT2D eigenvalue weighted by atomic mass is 9.97. The van der Waals surface area contributed by atoms with Crippen molar-refractivity contribution in [2.45, 2.75) is 25.9 Å². The highest BCUT2D eigenvalue weighted by Gasteiger charge is 2.32. The predicted molar refractivity (Wildman–Crippen MR) is 127 cm³/mol. The number of aromatic nitrogens is 6. The number of halogens is 3. The smallest absolute Gasteiger partial charge is 0.265 e. The first-order valence-electron chi connectivity index (χ1n) is 11.1. The third-order valence-electron chi connectivity index (χ3n) is 5.80. The molecule has 0 spiro atoms. The van der Waals surface area contributed by atoms with E-state index < -0.39 is 17.4 Å². The van der Waals surface area contributed by atoms with Crippen molar-refractivity contribution in [1.82, 2.24) is 29.8 Å². The molecule has 0 aliphatic heterocycles. The normalized spacial score (nSPS) is 11.7. The first-order valence-corrected chi connectivity index (χ1v) is 11.1. The lowest BCUT2D eigenvalue weighted by Gasteiger charge is -2.13. The molecule has 0 bridgehead atoms. The van der Waals surface area contributed by atoms with E-state index in [9.17, 15) is 18.0 Å². The molecule has 0 saturated heterocycles. The summed E-state index contributed by atoms with van der Waals surface area (Å²) in [6.07, 6.45) is 2.04. The van der Waals surface area contributed by atoms with Gasteiger partial charge in [-0.3, -0.25) is 14.8 Å². The molecule has 0 saturated carbocycles. The van der Waals surface area contributed by atoms with Crippen LogP contribution >= 0.6 is 0 Å². The van der Waals surface area contributed by atoms with Gasteiger partial charge in [0.2, 0.25) is 0 Å². The molecule has 5 rings (SSSR count). The molecule has 0 amide bonds. The van der Waals surface area contributed by atoms with Crippen LogP contribution in [0.15, 0.2) is 78.1 Å². The lowest BCUT2D eigenvalue weighted by Crippen LogP contribution is -2.25. The fourth-order valence-electron chi connectivity index (χ4n) is 3.89. The molecule has 0 aliphatic rings. The number of alkyl halides is 3. The minimum absolute atomic E-state index is 0.156. The molecule has 0 N–H and O–H groups in total. The van der Waals surface area contributed by atoms with Crippen LogP contribution in [0.2, 0.25) is 0 Å². The summed E-state index contributed by atoms with van der Waals surface area (Å²) in [7, 11) is 0. The quantitative estimate of drug-likeness (QED) is 0.356. The fourth-order valence-corrected chi connectivity index (χ4v) is 3.89. The van der Waals surface area contributed by atoms with E-state index in [4.69, 9.17) is 0 Å². The van der Waals surface area contributed by atoms with Crippen LogP contribution < -0.4 is 5.56 Å². The molecule has 1 aromatic carbocycles. The average Bonchev–Trinajstić information content (AvgIpc) is 2.88. The van der Waals surface area contributed by atoms with E-state index in [-0.39, 0.29) is 18.5 Å². The van der Waals surface area contributed by atoms with Crippen LogP contribution in [0.5, 0.6) is 0 Å². The first-order chi connectivity index (χ1) is 17.3. The van der Waals surface area contributed by atoms with Crippen molar-refractivity contribution in [3.63, 3.8) is 0 Å². The molecule has 5 aromatic rings. The summed E-state index contributed by atoms with van der Waals surface area (Å²) in [5.74, 6) is 0. The third kappa shape index (κ3) is 4.57. The summed E-state index contributed by atoms with van der Waals surface area (Å²) in [4.78, 5) is 20.8. The van der Waals surface area contributed by atoms with Gasteiger partial charge in [-0.25, -0.2) is 0 Å². The average molecular weight is 488 g/mol. The van der Waals surface area contributed by atoms with Gasteiger partial charge in [-0.1, -0.05) is 35.9 Å². The number of benzene rings is 1. The van der Waals surface area contributed by atoms with Crippen LogP contribution in [0.25, 0.3) is 27.9 Å². The van der Waals surface area contributed by atoms with Crippen LogP contribution in [0, 0.1) is 6.92 Å². The second-order valence-corrected chi connectivity index (χ2v) is 8.27. The zero-order valence-corrected chi connectivity index (χ0v) is 19.1. The SMILES string of the molecule is Cc1ccc(-c2cnn3c(=O)c(CCc4ccc(C(F)(F)F)nc4)nnc3c2-c2ccncc2)cc1. The van der Waals surface area contributed by atoms with Crippen molar-refractivity contribution >= 4 is 5.65 Å². The van der Waals surface area contributed by atoms with Crippen LogP contribution in [-0.4, -0.2) is 29.8 Å². The molecule has 0 fully saturated rings. The molecule has 0 atom stereocenters. The largest absolute Gasteiger partial charge is 0.433 e. The molecular weight excluding hydrogens is 469 g/mol. The highest BCUT2D eigenvalue weighted by molar-refractivity contribution is 5.90. The van der Waals surface area contributed by atoms with Gasteiger partial charge >= 0.3 is 6.18 Å². The Balaban J connectivity index is 1.54. The number of rotatable bonds is 5. The van der Waals surface area contributed by atoms with Crippen molar-refractivity contribution in [1.29, 1.82) is 0 Å². The molecule has 4 heterocycles. The fraction of sp³-hybridized carbons (Fsp3) is 0.154. The van der Waals surface area contributed by atoms with Gasteiger partial charge in [0.15, 0.2) is 5.65 Å². The van der Waals surface area contributed by atoms with Crippen molar-refractivity contribution < 1.29 is 13.2 Å². The number of fused-ring (bicyclic) bond motifs is 1. The van der Waals surface area contributed by atoms with Crippen molar-refractivity contribution in [3.8, 4) is 22.3 Å². The molecule has 10 heteroatoms. The Hall–Kier alpha value is -4.47. The second-order valence-electron chi connectivity index (χ2n) is 8.27. The van der Waals surface area contributed by atoms with Crippen LogP contribution in [-0.2, 0) is 19.0 Å². The first kappa shape index (κ1) is 23.3. The van der Waals surface area contributed by atoms with Gasteiger partial charge in [0, 0.05) is 36.1 Å². The standard InChI is InChI=1S/C26H19F3N6O/c1-16-2-6-18(7-3-16)20-15-32-35-24(23(20)19-10-12-30-13-11-19)34-33-21(25(35)36)8-4-17-5-9-22(31-14-17)26(27,28)29/h2-3,5-7,9-15H,4,8H2,1H3. The molecule has 0 aliphatic carbocycles. The number of nitrogens with zero attached hydrogens (tertiary/aromatic N) is 6. The molecule has 36 heavy (non-hydrogen) atoms. The Labute approximate surface area is 203 Å². The van der Waals surface area contributed by atoms with Gasteiger partial charge in [-0.05, 0) is 48.2 Å². The number of aryl methyl sites for hydroxylation is 3. The third-order valence-corrected chi connectivity index (χ3v) is 5.80. The second kappa shape index (κ2) is 9.29. The molecule has 0 unspecified atom stereocenters. The van der Waals surface area contributed by atoms with Gasteiger partial charge in [-0.15, -0.1) is 10.2 Å². The summed E-state index contributed by atoms with van der Waals surface area (Å²) in [5, 5.41) is 12.9. The van der Waals surface area contributed by atoms with Gasteiger partial charge in [0.05, 0.1) is 6.20 Å². The maximum absolute atomic E-state index is 13.2. The van der Waals surface area contributed by atoms with Crippen LogP contribution in [0.4, 0.5) is 13.2 Å². The molecule has 0 radical (unpaired) electrons.